The van der Waals surface area contributed by atoms with Crippen LogP contribution in [0.2, 0.25) is 25.1 Å². The lowest BCUT2D eigenvalue weighted by atomic mass is 10.2. The van der Waals surface area contributed by atoms with Crippen LogP contribution in [0.5, 0.6) is 0 Å². The van der Waals surface area contributed by atoms with E-state index in [1.54, 1.807) is 0 Å². The highest BCUT2D eigenvalue weighted by Gasteiger charge is 2.18. The molecule has 0 aromatic heterocycles. The zero-order valence-corrected chi connectivity index (χ0v) is 16.0. The van der Waals surface area contributed by atoms with Gasteiger partial charge in [0.25, 0.3) is 5.91 Å². The van der Waals surface area contributed by atoms with Crippen molar-refractivity contribution in [1.29, 1.82) is 0 Å². The van der Waals surface area contributed by atoms with Crippen LogP contribution in [0.15, 0.2) is 24.3 Å². The van der Waals surface area contributed by atoms with E-state index in [9.17, 15) is 9.59 Å². The van der Waals surface area contributed by atoms with Crippen molar-refractivity contribution >= 4 is 81.3 Å². The molecule has 0 bridgehead atoms. The summed E-state index contributed by atoms with van der Waals surface area (Å²) in [5.41, 5.74) is 5.91. The van der Waals surface area contributed by atoms with E-state index < -0.39 is 18.5 Å². The smallest absolute Gasteiger partial charge is 0.340 e. The first-order valence-electron chi connectivity index (χ1n) is 6.55. The van der Waals surface area contributed by atoms with E-state index in [4.69, 9.17) is 68.5 Å². The Labute approximate surface area is 167 Å². The topological polar surface area (TPSA) is 81.4 Å². The number of ether oxygens (including phenoxy) is 1. The molecule has 5 nitrogen and oxygen atoms in total. The van der Waals surface area contributed by atoms with Crippen LogP contribution in [0.3, 0.4) is 0 Å². The highest BCUT2D eigenvalue weighted by molar-refractivity contribution is 6.50. The summed E-state index contributed by atoms with van der Waals surface area (Å²) in [5, 5.41) is 3.00. The number of anilines is 2. The molecule has 0 saturated carbocycles. The van der Waals surface area contributed by atoms with Crippen molar-refractivity contribution in [1.82, 2.24) is 0 Å². The normalized spacial score (nSPS) is 10.4. The van der Waals surface area contributed by atoms with E-state index in [0.717, 1.165) is 0 Å². The fourth-order valence-corrected chi connectivity index (χ4v) is 2.87. The van der Waals surface area contributed by atoms with Gasteiger partial charge in [0, 0.05) is 10.7 Å². The first kappa shape index (κ1) is 19.9. The second kappa shape index (κ2) is 8.34. The molecule has 0 atom stereocenters. The number of nitrogen functional groups attached to an aromatic ring is 1. The monoisotopic (exact) mass is 440 g/mol. The summed E-state index contributed by atoms with van der Waals surface area (Å²) in [6, 6.07) is 5.60. The molecule has 2 aromatic rings. The molecule has 2 rings (SSSR count). The zero-order valence-electron chi connectivity index (χ0n) is 12.2. The van der Waals surface area contributed by atoms with Gasteiger partial charge < -0.3 is 15.8 Å². The van der Waals surface area contributed by atoms with Gasteiger partial charge in [0.15, 0.2) is 6.61 Å². The van der Waals surface area contributed by atoms with Gasteiger partial charge in [0.2, 0.25) is 0 Å². The minimum absolute atomic E-state index is 0.0117. The Morgan fingerprint density at radius 3 is 2.16 bits per heavy atom. The van der Waals surface area contributed by atoms with Crippen LogP contribution in [-0.2, 0) is 9.53 Å². The SMILES string of the molecule is Nc1cc(Cl)ccc1C(=O)OCC(=O)Nc1c(Cl)c(Cl)cc(Cl)c1Cl. The van der Waals surface area contributed by atoms with Crippen molar-refractivity contribution in [3.05, 3.63) is 54.9 Å². The molecule has 10 heteroatoms. The molecular weight excluding hydrogens is 433 g/mol. The summed E-state index contributed by atoms with van der Waals surface area (Å²) < 4.78 is 4.90. The average Bonchev–Trinajstić information content (AvgIpc) is 2.54. The fraction of sp³-hybridized carbons (Fsp3) is 0.0667. The maximum absolute atomic E-state index is 12.0. The van der Waals surface area contributed by atoms with Gasteiger partial charge in [-0.3, -0.25) is 4.79 Å². The predicted octanol–water partition coefficient (Wildman–Crippen LogP) is 5.33. The molecular formula is C15H9Cl5N2O3. The van der Waals surface area contributed by atoms with Gasteiger partial charge in [0.1, 0.15) is 0 Å². The second-order valence-corrected chi connectivity index (χ2v) is 6.71. The third-order valence-corrected chi connectivity index (χ3v) is 4.75. The predicted molar refractivity (Wildman–Crippen MR) is 101 cm³/mol. The molecule has 3 N–H and O–H groups in total. The van der Waals surface area contributed by atoms with Gasteiger partial charge in [-0.25, -0.2) is 4.79 Å². The molecule has 0 saturated heterocycles. The minimum atomic E-state index is -0.786. The van der Waals surface area contributed by atoms with Crippen molar-refractivity contribution in [2.75, 3.05) is 17.7 Å². The van der Waals surface area contributed by atoms with Gasteiger partial charge in [-0.05, 0) is 24.3 Å². The first-order valence-corrected chi connectivity index (χ1v) is 8.44. The molecule has 0 heterocycles. The molecule has 0 spiro atoms. The van der Waals surface area contributed by atoms with E-state index in [2.05, 4.69) is 5.32 Å². The number of amides is 1. The Kier molecular flexibility index (Phi) is 6.65. The Balaban J connectivity index is 2.05. The number of rotatable bonds is 4. The van der Waals surface area contributed by atoms with Crippen LogP contribution in [0.4, 0.5) is 11.4 Å². The van der Waals surface area contributed by atoms with E-state index >= 15 is 0 Å². The molecule has 0 aliphatic carbocycles. The molecule has 2 aromatic carbocycles. The summed E-state index contributed by atoms with van der Waals surface area (Å²) in [7, 11) is 0. The number of nitrogens with one attached hydrogen (secondary N) is 1. The molecule has 1 amide bonds. The Morgan fingerprint density at radius 2 is 1.60 bits per heavy atom. The number of benzene rings is 2. The van der Waals surface area contributed by atoms with E-state index in [0.29, 0.717) is 5.02 Å². The molecule has 0 aliphatic rings. The summed E-state index contributed by atoms with van der Waals surface area (Å²) in [6.45, 7) is -0.600. The third-order valence-electron chi connectivity index (χ3n) is 2.94. The van der Waals surface area contributed by atoms with Crippen LogP contribution in [-0.4, -0.2) is 18.5 Å². The standard InChI is InChI=1S/C15H9Cl5N2O3/c16-6-1-2-7(10(21)3-6)15(24)25-5-11(23)22-14-12(19)8(17)4-9(18)13(14)20/h1-4H,5,21H2,(H,22,23). The molecule has 0 radical (unpaired) electrons. The Hall–Kier alpha value is -1.37. The molecule has 0 unspecified atom stereocenters. The fourth-order valence-electron chi connectivity index (χ4n) is 1.79. The quantitative estimate of drug-likeness (QED) is 0.381. The number of nitrogens with two attached hydrogens (primary N) is 1. The average molecular weight is 443 g/mol. The maximum atomic E-state index is 12.0. The van der Waals surface area contributed by atoms with Crippen molar-refractivity contribution in [2.45, 2.75) is 0 Å². The second-order valence-electron chi connectivity index (χ2n) is 4.70. The number of carbonyl (C=O) groups is 2. The molecule has 0 aliphatic heterocycles. The lowest BCUT2D eigenvalue weighted by molar-refractivity contribution is -0.119. The highest BCUT2D eigenvalue weighted by Crippen LogP contribution is 2.40. The number of hydrogen-bond donors (Lipinski definition) is 2. The lowest BCUT2D eigenvalue weighted by Gasteiger charge is -2.12. The van der Waals surface area contributed by atoms with Crippen molar-refractivity contribution in [2.24, 2.45) is 0 Å². The van der Waals surface area contributed by atoms with Crippen molar-refractivity contribution in [3.63, 3.8) is 0 Å². The minimum Gasteiger partial charge on any atom is -0.452 e. The molecule has 0 fully saturated rings. The van der Waals surface area contributed by atoms with E-state index in [1.165, 1.54) is 24.3 Å². The van der Waals surface area contributed by atoms with Gasteiger partial charge >= 0.3 is 5.97 Å². The lowest BCUT2D eigenvalue weighted by Crippen LogP contribution is -2.21. The van der Waals surface area contributed by atoms with E-state index in [-0.39, 0.29) is 37.0 Å². The van der Waals surface area contributed by atoms with Gasteiger partial charge in [0.05, 0.1) is 31.3 Å². The number of esters is 1. The highest BCUT2D eigenvalue weighted by atomic mass is 35.5. The van der Waals surface area contributed by atoms with Gasteiger partial charge in [-0.15, -0.1) is 0 Å². The van der Waals surface area contributed by atoms with Crippen molar-refractivity contribution in [3.8, 4) is 0 Å². The number of carbonyl (C=O) groups excluding carboxylic acids is 2. The van der Waals surface area contributed by atoms with Crippen LogP contribution >= 0.6 is 58.0 Å². The summed E-state index contributed by atoms with van der Waals surface area (Å²) >= 11 is 29.5. The molecule has 25 heavy (non-hydrogen) atoms. The maximum Gasteiger partial charge on any atom is 0.340 e. The largest absolute Gasteiger partial charge is 0.452 e. The third kappa shape index (κ3) is 4.84. The van der Waals surface area contributed by atoms with Crippen LogP contribution < -0.4 is 11.1 Å². The Bertz CT molecular complexity index is 831. The summed E-state index contributed by atoms with van der Waals surface area (Å²) in [4.78, 5) is 23.9. The number of halogens is 5. The van der Waals surface area contributed by atoms with Crippen LogP contribution in [0.25, 0.3) is 0 Å². The zero-order chi connectivity index (χ0) is 18.7. The summed E-state index contributed by atoms with van der Waals surface area (Å²) in [6.07, 6.45) is 0. The molecule has 132 valence electrons. The van der Waals surface area contributed by atoms with Crippen LogP contribution in [0.1, 0.15) is 10.4 Å². The summed E-state index contributed by atoms with van der Waals surface area (Å²) in [5.74, 6) is -1.48. The Morgan fingerprint density at radius 1 is 1.00 bits per heavy atom. The van der Waals surface area contributed by atoms with Crippen LogP contribution in [0, 0.1) is 0 Å². The van der Waals surface area contributed by atoms with Gasteiger partial charge in [-0.2, -0.15) is 0 Å². The van der Waals surface area contributed by atoms with Gasteiger partial charge in [-0.1, -0.05) is 58.0 Å². The van der Waals surface area contributed by atoms with Crippen molar-refractivity contribution < 1.29 is 14.3 Å². The number of hydrogen-bond acceptors (Lipinski definition) is 4. The first-order chi connectivity index (χ1) is 11.7. The van der Waals surface area contributed by atoms with E-state index in [1.807, 2.05) is 0 Å².